The molecule has 0 amide bonds. The quantitative estimate of drug-likeness (QED) is 0.208. The number of benzene rings is 5. The molecule has 1 heteroatoms. The number of nitrogens with zero attached hydrogens (tertiary/aromatic N) is 1. The van der Waals surface area contributed by atoms with Gasteiger partial charge in [-0.3, -0.25) is 0 Å². The molecule has 0 saturated carbocycles. The number of hydrogen-bond donors (Lipinski definition) is 0. The SMILES string of the molecule is Cc1ccc2c(c1)C(C)(C)c1cc(N(c3ccc(C4=CCC(C)C=C4)cc3)c3cc4ccccc4c4c3C=CCC4)ccc1-2. The van der Waals surface area contributed by atoms with Crippen molar-refractivity contribution in [3.63, 3.8) is 0 Å². The molecule has 0 spiro atoms. The summed E-state index contributed by atoms with van der Waals surface area (Å²) in [7, 11) is 0. The summed E-state index contributed by atoms with van der Waals surface area (Å²) >= 11 is 0. The van der Waals surface area contributed by atoms with Gasteiger partial charge in [-0.1, -0.05) is 117 Å². The number of rotatable bonds is 4. The number of allylic oxidation sites excluding steroid dienone is 5. The van der Waals surface area contributed by atoms with Crippen molar-refractivity contribution in [1.29, 1.82) is 0 Å². The maximum absolute atomic E-state index is 2.50. The van der Waals surface area contributed by atoms with Gasteiger partial charge in [0.1, 0.15) is 0 Å². The predicted molar refractivity (Wildman–Crippen MR) is 189 cm³/mol. The number of fused-ring (bicyclic) bond motifs is 6. The van der Waals surface area contributed by atoms with Crippen LogP contribution in [0.4, 0.5) is 17.1 Å². The van der Waals surface area contributed by atoms with Crippen molar-refractivity contribution in [2.45, 2.75) is 52.4 Å². The average molecular weight is 570 g/mol. The van der Waals surface area contributed by atoms with Crippen LogP contribution >= 0.6 is 0 Å². The van der Waals surface area contributed by atoms with Crippen LogP contribution in [0.1, 0.15) is 67.0 Å². The van der Waals surface area contributed by atoms with E-state index in [4.69, 9.17) is 0 Å². The topological polar surface area (TPSA) is 3.24 Å². The lowest BCUT2D eigenvalue weighted by Gasteiger charge is -2.31. The van der Waals surface area contributed by atoms with Gasteiger partial charge in [-0.2, -0.15) is 0 Å². The highest BCUT2D eigenvalue weighted by Gasteiger charge is 2.36. The molecule has 44 heavy (non-hydrogen) atoms. The van der Waals surface area contributed by atoms with Crippen molar-refractivity contribution in [1.82, 2.24) is 0 Å². The number of aryl methyl sites for hydroxylation is 2. The molecule has 0 aliphatic heterocycles. The van der Waals surface area contributed by atoms with Crippen molar-refractivity contribution < 1.29 is 0 Å². The van der Waals surface area contributed by atoms with Crippen LogP contribution in [0, 0.1) is 12.8 Å². The molecule has 1 unspecified atom stereocenters. The first kappa shape index (κ1) is 27.0. The fraction of sp³-hybridized carbons (Fsp3) is 0.209. The third kappa shape index (κ3) is 4.29. The third-order valence-electron chi connectivity index (χ3n) is 10.1. The summed E-state index contributed by atoms with van der Waals surface area (Å²) < 4.78 is 0. The molecule has 3 aliphatic rings. The summed E-state index contributed by atoms with van der Waals surface area (Å²) in [5, 5.41) is 2.67. The minimum atomic E-state index is -0.0676. The Morgan fingerprint density at radius 2 is 1.52 bits per heavy atom. The molecule has 0 aromatic heterocycles. The highest BCUT2D eigenvalue weighted by atomic mass is 15.1. The van der Waals surface area contributed by atoms with E-state index in [1.807, 2.05) is 0 Å². The van der Waals surface area contributed by atoms with Gasteiger partial charge < -0.3 is 4.90 Å². The van der Waals surface area contributed by atoms with E-state index in [0.29, 0.717) is 5.92 Å². The largest absolute Gasteiger partial charge is 0.310 e. The van der Waals surface area contributed by atoms with E-state index < -0.39 is 0 Å². The molecule has 8 rings (SSSR count). The fourth-order valence-electron chi connectivity index (χ4n) is 7.64. The van der Waals surface area contributed by atoms with Gasteiger partial charge in [-0.25, -0.2) is 0 Å². The normalized spacial score (nSPS) is 17.6. The highest BCUT2D eigenvalue weighted by molar-refractivity contribution is 5.98. The standard InChI is InChI=1S/C43H39N/c1-28-13-16-30(17-14-28)31-18-20-33(21-19-31)44(42-26-32-9-5-6-10-35(32)36-11-7-8-12-39(36)42)34-22-24-38-37-23-15-29(2)25-40(37)43(3,4)41(38)27-34/h5-6,8-10,12-13,15-28H,7,11,14H2,1-4H3. The Bertz CT molecular complexity index is 2030. The first-order chi connectivity index (χ1) is 21.4. The van der Waals surface area contributed by atoms with E-state index in [-0.39, 0.29) is 5.41 Å². The van der Waals surface area contributed by atoms with E-state index in [0.717, 1.165) is 19.3 Å². The smallest absolute Gasteiger partial charge is 0.0543 e. The number of hydrogen-bond acceptors (Lipinski definition) is 1. The first-order valence-electron chi connectivity index (χ1n) is 16.1. The van der Waals surface area contributed by atoms with E-state index >= 15 is 0 Å². The van der Waals surface area contributed by atoms with Crippen LogP contribution in [0.2, 0.25) is 0 Å². The van der Waals surface area contributed by atoms with Crippen molar-refractivity contribution in [3.05, 3.63) is 149 Å². The van der Waals surface area contributed by atoms with Crippen LogP contribution in [-0.4, -0.2) is 0 Å². The Kier molecular flexibility index (Phi) is 6.27. The summed E-state index contributed by atoms with van der Waals surface area (Å²) in [6.07, 6.45) is 14.9. The minimum absolute atomic E-state index is 0.0676. The highest BCUT2D eigenvalue weighted by Crippen LogP contribution is 2.51. The van der Waals surface area contributed by atoms with Crippen molar-refractivity contribution in [3.8, 4) is 11.1 Å². The van der Waals surface area contributed by atoms with Gasteiger partial charge in [0.2, 0.25) is 0 Å². The second kappa shape index (κ2) is 10.2. The molecule has 1 atom stereocenters. The molecule has 5 aromatic carbocycles. The molecule has 0 fully saturated rings. The van der Waals surface area contributed by atoms with Gasteiger partial charge in [0, 0.05) is 22.4 Å². The molecule has 0 radical (unpaired) electrons. The Morgan fingerprint density at radius 1 is 0.773 bits per heavy atom. The van der Waals surface area contributed by atoms with Crippen LogP contribution in [0.3, 0.4) is 0 Å². The third-order valence-corrected chi connectivity index (χ3v) is 10.1. The van der Waals surface area contributed by atoms with Crippen molar-refractivity contribution in [2.24, 2.45) is 5.92 Å². The Labute approximate surface area is 261 Å². The average Bonchev–Trinajstić information content (AvgIpc) is 3.27. The zero-order valence-corrected chi connectivity index (χ0v) is 26.2. The summed E-state index contributed by atoms with van der Waals surface area (Å²) in [4.78, 5) is 2.50. The second-order valence-corrected chi connectivity index (χ2v) is 13.5. The summed E-state index contributed by atoms with van der Waals surface area (Å²) in [6.45, 7) is 9.24. The molecular weight excluding hydrogens is 530 g/mol. The molecule has 0 N–H and O–H groups in total. The lowest BCUT2D eigenvalue weighted by molar-refractivity contribution is 0.660. The van der Waals surface area contributed by atoms with Gasteiger partial charge >= 0.3 is 0 Å². The molecule has 0 saturated heterocycles. The summed E-state index contributed by atoms with van der Waals surface area (Å²) in [5.74, 6) is 0.611. The molecule has 3 aliphatic carbocycles. The Balaban J connectivity index is 1.33. The molecule has 0 heterocycles. The lowest BCUT2D eigenvalue weighted by Crippen LogP contribution is -2.17. The Morgan fingerprint density at radius 3 is 2.32 bits per heavy atom. The maximum Gasteiger partial charge on any atom is 0.0543 e. The zero-order valence-electron chi connectivity index (χ0n) is 26.2. The molecule has 0 bridgehead atoms. The van der Waals surface area contributed by atoms with E-state index in [2.05, 4.69) is 154 Å². The molecular formula is C43H39N. The molecule has 1 nitrogen and oxygen atoms in total. The van der Waals surface area contributed by atoms with Crippen LogP contribution in [0.25, 0.3) is 33.5 Å². The van der Waals surface area contributed by atoms with Gasteiger partial charge in [-0.05, 0) is 112 Å². The van der Waals surface area contributed by atoms with Crippen molar-refractivity contribution >= 4 is 39.5 Å². The maximum atomic E-state index is 2.50. The van der Waals surface area contributed by atoms with Crippen molar-refractivity contribution in [2.75, 3.05) is 4.90 Å². The molecule has 5 aromatic rings. The predicted octanol–water partition coefficient (Wildman–Crippen LogP) is 11.9. The van der Waals surface area contributed by atoms with Crippen LogP contribution in [-0.2, 0) is 11.8 Å². The van der Waals surface area contributed by atoms with E-state index in [1.54, 1.807) is 0 Å². The van der Waals surface area contributed by atoms with Gasteiger partial charge in [-0.15, -0.1) is 0 Å². The van der Waals surface area contributed by atoms with Crippen LogP contribution in [0.15, 0.2) is 115 Å². The van der Waals surface area contributed by atoms with E-state index in [9.17, 15) is 0 Å². The first-order valence-corrected chi connectivity index (χ1v) is 16.1. The minimum Gasteiger partial charge on any atom is -0.310 e. The summed E-state index contributed by atoms with van der Waals surface area (Å²) in [6, 6.07) is 34.6. The van der Waals surface area contributed by atoms with E-state index in [1.165, 1.54) is 77.9 Å². The van der Waals surface area contributed by atoms with Gasteiger partial charge in [0.05, 0.1) is 5.69 Å². The lowest BCUT2D eigenvalue weighted by atomic mass is 9.82. The van der Waals surface area contributed by atoms with Gasteiger partial charge in [0.15, 0.2) is 0 Å². The summed E-state index contributed by atoms with van der Waals surface area (Å²) in [5.41, 5.74) is 15.8. The van der Waals surface area contributed by atoms with Crippen LogP contribution in [0.5, 0.6) is 0 Å². The Hall–Kier alpha value is -4.62. The molecule has 216 valence electrons. The fourth-order valence-corrected chi connectivity index (χ4v) is 7.64. The number of anilines is 3. The zero-order chi connectivity index (χ0) is 30.0. The monoisotopic (exact) mass is 569 g/mol. The van der Waals surface area contributed by atoms with Crippen LogP contribution < -0.4 is 4.90 Å². The second-order valence-electron chi connectivity index (χ2n) is 13.5. The van der Waals surface area contributed by atoms with Gasteiger partial charge in [0.25, 0.3) is 0 Å².